The van der Waals surface area contributed by atoms with Crippen molar-refractivity contribution < 1.29 is 54.3 Å². The molecular formula is C17H15Cl2OZr. The van der Waals surface area contributed by atoms with Crippen LogP contribution < -0.4 is 29.6 Å². The fourth-order valence-electron chi connectivity index (χ4n) is 2.57. The van der Waals surface area contributed by atoms with Crippen LogP contribution in [0.4, 0.5) is 0 Å². The van der Waals surface area contributed by atoms with E-state index in [4.69, 9.17) is 4.74 Å². The van der Waals surface area contributed by atoms with Crippen LogP contribution in [0.3, 0.4) is 0 Å². The number of rotatable bonds is 2. The number of hydrogen-bond acceptors (Lipinski definition) is 1. The van der Waals surface area contributed by atoms with Crippen LogP contribution in [0.15, 0.2) is 48.0 Å². The van der Waals surface area contributed by atoms with Crippen LogP contribution in [0.25, 0.3) is 17.2 Å². The first-order valence-electron chi connectivity index (χ1n) is 6.37. The van der Waals surface area contributed by atoms with E-state index in [2.05, 4.69) is 43.3 Å². The molecule has 0 aliphatic heterocycles. The number of methoxy groups -OCH3 is 1. The Labute approximate surface area is 153 Å². The van der Waals surface area contributed by atoms with E-state index in [1.54, 1.807) is 31.8 Å². The van der Waals surface area contributed by atoms with Gasteiger partial charge in [-0.1, -0.05) is 0 Å². The first-order chi connectivity index (χ1) is 9.20. The number of fused-ring (bicyclic) bond motifs is 1. The van der Waals surface area contributed by atoms with Crippen LogP contribution in [0.1, 0.15) is 21.7 Å². The van der Waals surface area contributed by atoms with Crippen LogP contribution in [0, 0.1) is 0 Å². The Kier molecular flexibility index (Phi) is 6.72. The van der Waals surface area contributed by atoms with E-state index in [-0.39, 0.29) is 24.8 Å². The van der Waals surface area contributed by atoms with E-state index >= 15 is 0 Å². The minimum absolute atomic E-state index is 0. The Morgan fingerprint density at radius 1 is 1.00 bits per heavy atom. The Morgan fingerprint density at radius 2 is 1.67 bits per heavy atom. The van der Waals surface area contributed by atoms with Crippen molar-refractivity contribution in [2.75, 3.05) is 7.11 Å². The molecule has 0 heterocycles. The summed E-state index contributed by atoms with van der Waals surface area (Å²) in [5, 5.41) is 0. The minimum atomic E-state index is 0. The van der Waals surface area contributed by atoms with Gasteiger partial charge in [-0.2, -0.15) is 0 Å². The van der Waals surface area contributed by atoms with Gasteiger partial charge in [-0.15, -0.1) is 0 Å². The predicted molar refractivity (Wildman–Crippen MR) is 74.8 cm³/mol. The van der Waals surface area contributed by atoms with E-state index in [1.165, 1.54) is 27.8 Å². The predicted octanol–water partition coefficient (Wildman–Crippen LogP) is -1.62. The molecular weight excluding hydrogens is 382 g/mol. The van der Waals surface area contributed by atoms with Gasteiger partial charge < -0.3 is 24.8 Å². The average Bonchev–Trinajstić information content (AvgIpc) is 2.75. The van der Waals surface area contributed by atoms with Crippen molar-refractivity contribution in [3.05, 3.63) is 59.2 Å². The van der Waals surface area contributed by atoms with E-state index in [9.17, 15) is 0 Å². The van der Waals surface area contributed by atoms with Gasteiger partial charge in [0.05, 0.1) is 0 Å². The van der Waals surface area contributed by atoms with Crippen molar-refractivity contribution in [2.24, 2.45) is 0 Å². The Balaban J connectivity index is 0.00000110. The van der Waals surface area contributed by atoms with Crippen molar-refractivity contribution in [3.63, 3.8) is 0 Å². The van der Waals surface area contributed by atoms with E-state index in [1.807, 2.05) is 12.1 Å². The fourth-order valence-corrected chi connectivity index (χ4v) is 3.40. The van der Waals surface area contributed by atoms with Gasteiger partial charge in [0, 0.05) is 0 Å². The zero-order chi connectivity index (χ0) is 13.4. The van der Waals surface area contributed by atoms with Crippen molar-refractivity contribution in [3.8, 4) is 16.9 Å². The zero-order valence-electron chi connectivity index (χ0n) is 11.9. The maximum Gasteiger partial charge on any atom is -1.00 e. The summed E-state index contributed by atoms with van der Waals surface area (Å²) in [6.07, 6.45) is 2.34. The molecule has 1 unspecified atom stereocenters. The molecule has 0 spiro atoms. The fraction of sp³-hybridized carbons (Fsp3) is 0.176. The standard InChI is InChI=1S/C17H15O.2ClH.Zr/c1-12-10-14-4-3-5-16(17(14)11-12)13-6-8-15(18-2)9-7-13;;;/h3-11H,1-2H3;2*1H;/q;;;+2/p-2. The van der Waals surface area contributed by atoms with Gasteiger partial charge in [-0.3, -0.25) is 0 Å². The molecule has 21 heavy (non-hydrogen) atoms. The normalized spacial score (nSPS) is 15.4. The minimum Gasteiger partial charge on any atom is -1.00 e. The summed E-state index contributed by atoms with van der Waals surface area (Å²) in [7, 11) is 1.70. The van der Waals surface area contributed by atoms with Crippen LogP contribution in [-0.4, -0.2) is 7.11 Å². The van der Waals surface area contributed by atoms with Crippen LogP contribution in [-0.2, 0) is 24.7 Å². The third kappa shape index (κ3) is 3.44. The van der Waals surface area contributed by atoms with Crippen LogP contribution in [0.5, 0.6) is 5.75 Å². The zero-order valence-corrected chi connectivity index (χ0v) is 15.8. The summed E-state index contributed by atoms with van der Waals surface area (Å²) in [5.74, 6) is 0.904. The molecule has 107 valence electrons. The van der Waals surface area contributed by atoms with E-state index in [0.29, 0.717) is 3.63 Å². The van der Waals surface area contributed by atoms with Gasteiger partial charge in [0.1, 0.15) is 0 Å². The van der Waals surface area contributed by atoms with Gasteiger partial charge in [-0.05, 0) is 0 Å². The first-order valence-corrected chi connectivity index (χ1v) is 7.79. The SMILES string of the molecule is COc1ccc(-c2cccc3c2C=C(C)[CH]3[Zr+2])cc1.[Cl-].[Cl-]. The smallest absolute Gasteiger partial charge is 1.00 e. The molecule has 3 rings (SSSR count). The van der Waals surface area contributed by atoms with Crippen molar-refractivity contribution >= 4 is 6.08 Å². The monoisotopic (exact) mass is 395 g/mol. The summed E-state index contributed by atoms with van der Waals surface area (Å²) in [6.45, 7) is 2.23. The van der Waals surface area contributed by atoms with Crippen LogP contribution in [0.2, 0.25) is 0 Å². The third-order valence-electron chi connectivity index (χ3n) is 3.68. The third-order valence-corrected chi connectivity index (χ3v) is 5.56. The maximum absolute atomic E-state index is 5.22. The molecule has 0 saturated heterocycles. The van der Waals surface area contributed by atoms with E-state index in [0.717, 1.165) is 5.75 Å². The molecule has 0 N–H and O–H groups in total. The molecule has 2 aromatic rings. The number of benzene rings is 2. The largest absolute Gasteiger partial charge is 1.00 e. The second-order valence-electron chi connectivity index (χ2n) is 4.86. The Bertz CT molecular complexity index is 650. The Hall–Kier alpha value is -0.557. The van der Waals surface area contributed by atoms with Gasteiger partial charge >= 0.3 is 129 Å². The van der Waals surface area contributed by atoms with Crippen molar-refractivity contribution in [1.82, 2.24) is 0 Å². The van der Waals surface area contributed by atoms with Crippen molar-refractivity contribution in [2.45, 2.75) is 10.5 Å². The molecule has 0 fully saturated rings. The van der Waals surface area contributed by atoms with Gasteiger partial charge in [-0.25, -0.2) is 0 Å². The topological polar surface area (TPSA) is 9.23 Å². The first kappa shape index (κ1) is 18.5. The summed E-state index contributed by atoms with van der Waals surface area (Å²) >= 11 is 1.57. The molecule has 4 heteroatoms. The average molecular weight is 397 g/mol. The number of ether oxygens (including phenoxy) is 1. The Morgan fingerprint density at radius 3 is 2.29 bits per heavy atom. The summed E-state index contributed by atoms with van der Waals surface area (Å²) in [4.78, 5) is 0. The maximum atomic E-state index is 5.22. The second-order valence-corrected chi connectivity index (χ2v) is 6.28. The molecule has 0 amide bonds. The molecule has 0 bridgehead atoms. The molecule has 1 aliphatic rings. The molecule has 2 aromatic carbocycles. The summed E-state index contributed by atoms with van der Waals surface area (Å²) < 4.78 is 5.85. The van der Waals surface area contributed by atoms with Crippen molar-refractivity contribution in [1.29, 1.82) is 0 Å². The number of allylic oxidation sites excluding steroid dienone is 1. The molecule has 0 saturated carbocycles. The number of hydrogen-bond donors (Lipinski definition) is 0. The molecule has 1 aliphatic carbocycles. The van der Waals surface area contributed by atoms with Gasteiger partial charge in [0.2, 0.25) is 0 Å². The second kappa shape index (κ2) is 7.63. The van der Waals surface area contributed by atoms with Crippen LogP contribution >= 0.6 is 0 Å². The summed E-state index contributed by atoms with van der Waals surface area (Å²) in [5.41, 5.74) is 6.93. The molecule has 0 aromatic heterocycles. The molecule has 1 atom stereocenters. The van der Waals surface area contributed by atoms with Gasteiger partial charge in [0.15, 0.2) is 0 Å². The quantitative estimate of drug-likeness (QED) is 0.592. The number of halogens is 2. The van der Waals surface area contributed by atoms with E-state index < -0.39 is 0 Å². The van der Waals surface area contributed by atoms with Gasteiger partial charge in [0.25, 0.3) is 0 Å². The molecule has 1 nitrogen and oxygen atoms in total. The molecule has 0 radical (unpaired) electrons. The summed E-state index contributed by atoms with van der Waals surface area (Å²) in [6, 6.07) is 14.9.